The molecule has 0 fully saturated rings. The third-order valence-electron chi connectivity index (χ3n) is 2.49. The molecule has 4 nitrogen and oxygen atoms in total. The topological polar surface area (TPSA) is 63.6 Å². The van der Waals surface area contributed by atoms with Crippen molar-refractivity contribution in [1.82, 2.24) is 0 Å². The molecule has 0 bridgehead atoms. The molecule has 0 aliphatic carbocycles. The molecule has 19 heavy (non-hydrogen) atoms. The molecule has 0 spiro atoms. The largest absolute Gasteiger partial charge is 0.478 e. The Morgan fingerprint density at radius 1 is 1.32 bits per heavy atom. The van der Waals surface area contributed by atoms with Gasteiger partial charge in [0.15, 0.2) is 0 Å². The number of esters is 1. The van der Waals surface area contributed by atoms with Crippen LogP contribution in [-0.4, -0.2) is 28.9 Å². The average molecular weight is 282 g/mol. The van der Waals surface area contributed by atoms with Crippen LogP contribution >= 0.6 is 11.8 Å². The zero-order valence-corrected chi connectivity index (χ0v) is 11.9. The van der Waals surface area contributed by atoms with Crippen molar-refractivity contribution in [2.24, 2.45) is 0 Å². The maximum Gasteiger partial charge on any atom is 0.336 e. The van der Waals surface area contributed by atoms with Crippen molar-refractivity contribution in [3.63, 3.8) is 0 Å². The van der Waals surface area contributed by atoms with Gasteiger partial charge in [-0.1, -0.05) is 25.5 Å². The van der Waals surface area contributed by atoms with Crippen LogP contribution in [0.25, 0.3) is 0 Å². The lowest BCUT2D eigenvalue weighted by Gasteiger charge is -2.15. The van der Waals surface area contributed by atoms with Crippen LogP contribution in [0.4, 0.5) is 0 Å². The minimum absolute atomic E-state index is 0.220. The highest BCUT2D eigenvalue weighted by molar-refractivity contribution is 8.00. The van der Waals surface area contributed by atoms with Crippen molar-refractivity contribution in [2.75, 3.05) is 6.61 Å². The van der Waals surface area contributed by atoms with E-state index in [-0.39, 0.29) is 16.8 Å². The Balaban J connectivity index is 2.90. The number of thioether (sulfide) groups is 1. The van der Waals surface area contributed by atoms with E-state index < -0.39 is 5.97 Å². The van der Waals surface area contributed by atoms with E-state index in [0.717, 1.165) is 6.42 Å². The summed E-state index contributed by atoms with van der Waals surface area (Å²) in [6, 6.07) is 6.70. The van der Waals surface area contributed by atoms with E-state index in [0.29, 0.717) is 17.9 Å². The van der Waals surface area contributed by atoms with Gasteiger partial charge >= 0.3 is 11.9 Å². The summed E-state index contributed by atoms with van der Waals surface area (Å²) in [6.45, 7) is 4.08. The van der Waals surface area contributed by atoms with Crippen molar-refractivity contribution in [3.05, 3.63) is 29.8 Å². The molecule has 1 unspecified atom stereocenters. The summed E-state index contributed by atoms with van der Waals surface area (Å²) in [5, 5.41) is 8.76. The first-order valence-corrected chi connectivity index (χ1v) is 7.13. The molecule has 0 amide bonds. The van der Waals surface area contributed by atoms with Gasteiger partial charge in [-0.05, 0) is 25.5 Å². The number of rotatable bonds is 7. The lowest BCUT2D eigenvalue weighted by atomic mass is 10.2. The van der Waals surface area contributed by atoms with E-state index >= 15 is 0 Å². The highest BCUT2D eigenvalue weighted by atomic mass is 32.2. The molecule has 1 atom stereocenters. The second kappa shape index (κ2) is 7.84. The summed E-state index contributed by atoms with van der Waals surface area (Å²) in [6.07, 6.45) is 1.50. The number of carboxylic acid groups (broad SMARTS) is 1. The SMILES string of the molecule is CCCC(Sc1ccccc1C(=O)O)C(=O)OCC. The van der Waals surface area contributed by atoms with Gasteiger partial charge in [0, 0.05) is 4.90 Å². The number of hydrogen-bond acceptors (Lipinski definition) is 4. The molecule has 0 heterocycles. The lowest BCUT2D eigenvalue weighted by Crippen LogP contribution is -2.20. The van der Waals surface area contributed by atoms with Gasteiger partial charge in [0.05, 0.1) is 12.2 Å². The standard InChI is InChI=1S/C14H18O4S/c1-3-7-12(14(17)18-4-2)19-11-9-6-5-8-10(11)13(15)16/h5-6,8-9,12H,3-4,7H2,1-2H3,(H,15,16). The highest BCUT2D eigenvalue weighted by Gasteiger charge is 2.22. The van der Waals surface area contributed by atoms with Crippen LogP contribution in [0.5, 0.6) is 0 Å². The lowest BCUT2D eigenvalue weighted by molar-refractivity contribution is -0.142. The minimum Gasteiger partial charge on any atom is -0.478 e. The number of benzene rings is 1. The Labute approximate surface area is 117 Å². The molecule has 1 rings (SSSR count). The molecule has 0 aliphatic rings. The van der Waals surface area contributed by atoms with E-state index in [1.54, 1.807) is 31.2 Å². The Morgan fingerprint density at radius 3 is 2.58 bits per heavy atom. The van der Waals surface area contributed by atoms with Gasteiger partial charge in [0.2, 0.25) is 0 Å². The third kappa shape index (κ3) is 4.59. The Morgan fingerprint density at radius 2 is 2.00 bits per heavy atom. The van der Waals surface area contributed by atoms with Crippen LogP contribution in [0, 0.1) is 0 Å². The molecular formula is C14H18O4S. The molecule has 1 aromatic rings. The van der Waals surface area contributed by atoms with Crippen LogP contribution in [-0.2, 0) is 9.53 Å². The van der Waals surface area contributed by atoms with Crippen molar-refractivity contribution in [1.29, 1.82) is 0 Å². The monoisotopic (exact) mass is 282 g/mol. The Hall–Kier alpha value is -1.49. The zero-order chi connectivity index (χ0) is 14.3. The van der Waals surface area contributed by atoms with E-state index in [1.165, 1.54) is 11.8 Å². The third-order valence-corrected chi connectivity index (χ3v) is 3.81. The Kier molecular flexibility index (Phi) is 6.42. The van der Waals surface area contributed by atoms with Crippen LogP contribution in [0.15, 0.2) is 29.2 Å². The predicted molar refractivity (Wildman–Crippen MR) is 74.6 cm³/mol. The normalized spacial score (nSPS) is 11.9. The van der Waals surface area contributed by atoms with E-state index in [2.05, 4.69) is 0 Å². The predicted octanol–water partition coefficient (Wildman–Crippen LogP) is 3.21. The smallest absolute Gasteiger partial charge is 0.336 e. The van der Waals surface area contributed by atoms with Gasteiger partial charge < -0.3 is 9.84 Å². The van der Waals surface area contributed by atoms with Gasteiger partial charge in [-0.3, -0.25) is 4.79 Å². The summed E-state index contributed by atoms with van der Waals surface area (Å²) in [5.74, 6) is -1.27. The number of ether oxygens (including phenoxy) is 1. The first-order valence-electron chi connectivity index (χ1n) is 6.25. The number of hydrogen-bond donors (Lipinski definition) is 1. The maximum absolute atomic E-state index is 11.8. The molecule has 1 aromatic carbocycles. The van der Waals surface area contributed by atoms with Crippen LogP contribution in [0.3, 0.4) is 0 Å². The molecule has 5 heteroatoms. The molecular weight excluding hydrogens is 264 g/mol. The van der Waals surface area contributed by atoms with Gasteiger partial charge in [-0.25, -0.2) is 4.79 Å². The molecule has 1 N–H and O–H groups in total. The summed E-state index contributed by atoms with van der Waals surface area (Å²) in [7, 11) is 0. The zero-order valence-electron chi connectivity index (χ0n) is 11.1. The van der Waals surface area contributed by atoms with Crippen LogP contribution in [0.1, 0.15) is 37.0 Å². The summed E-state index contributed by atoms with van der Waals surface area (Å²) in [4.78, 5) is 23.6. The summed E-state index contributed by atoms with van der Waals surface area (Å²) in [5.41, 5.74) is 0.220. The average Bonchev–Trinajstić information content (AvgIpc) is 2.39. The first kappa shape index (κ1) is 15.6. The van der Waals surface area contributed by atoms with Crippen molar-refractivity contribution in [3.8, 4) is 0 Å². The fourth-order valence-electron chi connectivity index (χ4n) is 1.62. The maximum atomic E-state index is 11.8. The first-order chi connectivity index (χ1) is 9.10. The minimum atomic E-state index is -0.984. The molecule has 0 aliphatic heterocycles. The quantitative estimate of drug-likeness (QED) is 0.614. The van der Waals surface area contributed by atoms with Crippen molar-refractivity contribution < 1.29 is 19.4 Å². The fourth-order valence-corrected chi connectivity index (χ4v) is 2.89. The number of carbonyl (C=O) groups excluding carboxylic acids is 1. The second-order valence-corrected chi connectivity index (χ2v) is 5.19. The number of aromatic carboxylic acids is 1. The highest BCUT2D eigenvalue weighted by Crippen LogP contribution is 2.30. The van der Waals surface area contributed by atoms with Gasteiger partial charge in [-0.15, -0.1) is 11.8 Å². The molecule has 0 saturated carbocycles. The van der Waals surface area contributed by atoms with E-state index in [9.17, 15) is 9.59 Å². The van der Waals surface area contributed by atoms with Gasteiger partial charge in [0.25, 0.3) is 0 Å². The van der Waals surface area contributed by atoms with Gasteiger partial charge in [0.1, 0.15) is 5.25 Å². The van der Waals surface area contributed by atoms with Crippen molar-refractivity contribution in [2.45, 2.75) is 36.8 Å². The van der Waals surface area contributed by atoms with Crippen molar-refractivity contribution >= 4 is 23.7 Å². The molecule has 0 saturated heterocycles. The van der Waals surface area contributed by atoms with Crippen LogP contribution in [0.2, 0.25) is 0 Å². The van der Waals surface area contributed by atoms with Crippen LogP contribution < -0.4 is 0 Å². The molecule has 0 radical (unpaired) electrons. The fraction of sp³-hybridized carbons (Fsp3) is 0.429. The van der Waals surface area contributed by atoms with E-state index in [1.807, 2.05) is 6.92 Å². The Bertz CT molecular complexity index is 445. The van der Waals surface area contributed by atoms with Gasteiger partial charge in [-0.2, -0.15) is 0 Å². The molecule has 104 valence electrons. The second-order valence-electron chi connectivity index (χ2n) is 3.95. The number of carbonyl (C=O) groups is 2. The molecule has 0 aromatic heterocycles. The number of carboxylic acids is 1. The summed E-state index contributed by atoms with van der Waals surface area (Å²) >= 11 is 1.26. The summed E-state index contributed by atoms with van der Waals surface area (Å²) < 4.78 is 5.02. The van der Waals surface area contributed by atoms with E-state index in [4.69, 9.17) is 9.84 Å².